The summed E-state index contributed by atoms with van der Waals surface area (Å²) >= 11 is 13.4. The lowest BCUT2D eigenvalue weighted by Gasteiger charge is -2.40. The second-order valence-corrected chi connectivity index (χ2v) is 10.7. The van der Waals surface area contributed by atoms with E-state index in [4.69, 9.17) is 42.4 Å². The second-order valence-electron chi connectivity index (χ2n) is 9.95. The fraction of sp³-hybridized carbons (Fsp3) is 0.414. The number of benzene rings is 1. The van der Waals surface area contributed by atoms with Gasteiger partial charge < -0.3 is 29.3 Å². The maximum absolute atomic E-state index is 14.1. The Hall–Kier alpha value is -3.31. The van der Waals surface area contributed by atoms with Crippen LogP contribution in [-0.2, 0) is 11.3 Å². The Kier molecular flexibility index (Phi) is 10.1. The van der Waals surface area contributed by atoms with E-state index in [0.717, 1.165) is 31.8 Å². The molecule has 1 fully saturated rings. The molecule has 1 aromatic carbocycles. The van der Waals surface area contributed by atoms with Crippen LogP contribution in [0.15, 0.2) is 48.1 Å². The van der Waals surface area contributed by atoms with Gasteiger partial charge in [0.2, 0.25) is 5.95 Å². The lowest BCUT2D eigenvalue weighted by Crippen LogP contribution is -2.51. The average molecular weight is 604 g/mol. The van der Waals surface area contributed by atoms with E-state index >= 15 is 0 Å². The van der Waals surface area contributed by atoms with Gasteiger partial charge in [-0.1, -0.05) is 36.4 Å². The Morgan fingerprint density at radius 3 is 2.49 bits per heavy atom. The number of anilines is 1. The number of ether oxygens (including phenoxy) is 3. The number of methoxy groups -OCH3 is 2. The first-order chi connectivity index (χ1) is 19.7. The predicted octanol–water partition coefficient (Wildman–Crippen LogP) is 4.55. The molecule has 0 amide bonds. The first-order valence-corrected chi connectivity index (χ1v) is 14.0. The third-order valence-electron chi connectivity index (χ3n) is 6.89. The van der Waals surface area contributed by atoms with Gasteiger partial charge in [-0.15, -0.1) is 0 Å². The van der Waals surface area contributed by atoms with Crippen molar-refractivity contribution in [2.45, 2.75) is 19.1 Å². The van der Waals surface area contributed by atoms with Crippen LogP contribution in [0.5, 0.6) is 11.5 Å². The molecule has 0 saturated carbocycles. The highest BCUT2D eigenvalue weighted by Crippen LogP contribution is 2.45. The fourth-order valence-corrected chi connectivity index (χ4v) is 5.27. The van der Waals surface area contributed by atoms with Crippen LogP contribution < -0.4 is 20.3 Å². The lowest BCUT2D eigenvalue weighted by molar-refractivity contribution is -0.0403. The van der Waals surface area contributed by atoms with Crippen molar-refractivity contribution in [1.82, 2.24) is 24.3 Å². The van der Waals surface area contributed by atoms with Gasteiger partial charge in [-0.2, -0.15) is 4.98 Å². The van der Waals surface area contributed by atoms with E-state index in [9.17, 15) is 4.79 Å². The molecule has 0 aliphatic carbocycles. The third-order valence-corrected chi connectivity index (χ3v) is 7.64. The van der Waals surface area contributed by atoms with Gasteiger partial charge in [-0.05, 0) is 39.2 Å². The quantitative estimate of drug-likeness (QED) is 0.211. The van der Waals surface area contributed by atoms with Crippen LogP contribution >= 0.6 is 23.2 Å². The minimum atomic E-state index is -0.326. The van der Waals surface area contributed by atoms with Gasteiger partial charge in [-0.3, -0.25) is 9.36 Å². The van der Waals surface area contributed by atoms with Crippen LogP contribution in [0.1, 0.15) is 6.42 Å². The molecule has 0 atom stereocenters. The van der Waals surface area contributed by atoms with Crippen molar-refractivity contribution in [2.75, 3.05) is 66.4 Å². The first-order valence-electron chi connectivity index (χ1n) is 13.3. The molecule has 220 valence electrons. The van der Waals surface area contributed by atoms with E-state index in [1.54, 1.807) is 29.0 Å². The Morgan fingerprint density at radius 2 is 1.88 bits per heavy atom. The molecule has 0 spiro atoms. The summed E-state index contributed by atoms with van der Waals surface area (Å²) in [7, 11) is 7.03. The van der Waals surface area contributed by atoms with E-state index in [2.05, 4.69) is 33.3 Å². The molecule has 4 rings (SSSR count). The van der Waals surface area contributed by atoms with Gasteiger partial charge in [0.25, 0.3) is 5.56 Å². The minimum Gasteiger partial charge on any atom is -0.495 e. The van der Waals surface area contributed by atoms with Crippen molar-refractivity contribution >= 4 is 40.2 Å². The number of allylic oxidation sites excluding steroid dienone is 1. The Morgan fingerprint density at radius 1 is 1.20 bits per heavy atom. The molecule has 2 aromatic heterocycles. The van der Waals surface area contributed by atoms with Gasteiger partial charge in [0, 0.05) is 48.5 Å². The van der Waals surface area contributed by atoms with Crippen molar-refractivity contribution in [1.29, 1.82) is 0 Å². The highest BCUT2D eigenvalue weighted by molar-refractivity contribution is 6.41. The summed E-state index contributed by atoms with van der Waals surface area (Å²) in [6.45, 7) is 11.4. The first kappa shape index (κ1) is 30.6. The summed E-state index contributed by atoms with van der Waals surface area (Å²) in [5.74, 6) is 1.11. The number of likely N-dealkylation sites (tertiary alicyclic amines) is 1. The van der Waals surface area contributed by atoms with Gasteiger partial charge in [0.05, 0.1) is 49.1 Å². The van der Waals surface area contributed by atoms with Crippen molar-refractivity contribution in [3.63, 3.8) is 0 Å². The third kappa shape index (κ3) is 6.78. The molecule has 3 aromatic rings. The topological polar surface area (TPSA) is 94.0 Å². The van der Waals surface area contributed by atoms with Crippen molar-refractivity contribution in [3.8, 4) is 22.6 Å². The zero-order valence-corrected chi connectivity index (χ0v) is 25.4. The van der Waals surface area contributed by atoms with Crippen molar-refractivity contribution < 1.29 is 14.2 Å². The zero-order chi connectivity index (χ0) is 29.7. The monoisotopic (exact) mass is 602 g/mol. The SMILES string of the molecule is C=CC(=C)N1CC(OCCn2c(=O)c(-c3c(Cl)c(OC)cc(OC)c3Cl)cc3cnc(NCCCN(C)C)nc32)C1. The number of halogens is 2. The number of hydrogen-bond acceptors (Lipinski definition) is 9. The molecular weight excluding hydrogens is 567 g/mol. The standard InChI is InChI=1S/C29H36Cl2N6O4/c1-7-18(2)36-16-20(17-36)41-12-11-37-27-19(15-33-29(34-27)32-9-8-10-35(3)4)13-21(28(37)38)24-25(30)22(39-5)14-23(40-6)26(24)31/h7,13-15,20H,1-2,8-12,16-17H2,3-6H3,(H,32,33,34). The van der Waals surface area contributed by atoms with Crippen LogP contribution in [0.2, 0.25) is 10.0 Å². The maximum atomic E-state index is 14.1. The number of fused-ring (bicyclic) bond motifs is 1. The van der Waals surface area contributed by atoms with E-state index < -0.39 is 0 Å². The summed E-state index contributed by atoms with van der Waals surface area (Å²) < 4.78 is 18.5. The highest BCUT2D eigenvalue weighted by atomic mass is 35.5. The molecule has 0 radical (unpaired) electrons. The van der Waals surface area contributed by atoms with Gasteiger partial charge in [0.1, 0.15) is 17.1 Å². The van der Waals surface area contributed by atoms with E-state index in [1.165, 1.54) is 14.2 Å². The molecule has 0 unspecified atom stereocenters. The number of aromatic nitrogens is 3. The largest absolute Gasteiger partial charge is 0.495 e. The van der Waals surface area contributed by atoms with E-state index in [1.807, 2.05) is 14.1 Å². The maximum Gasteiger partial charge on any atom is 0.260 e. The number of nitrogens with zero attached hydrogens (tertiary/aromatic N) is 5. The van der Waals surface area contributed by atoms with Crippen molar-refractivity contribution in [3.05, 3.63) is 63.7 Å². The Balaban J connectivity index is 1.71. The molecule has 3 heterocycles. The smallest absolute Gasteiger partial charge is 0.260 e. The molecule has 1 N–H and O–H groups in total. The second kappa shape index (κ2) is 13.6. The van der Waals surface area contributed by atoms with Crippen LogP contribution in [0.3, 0.4) is 0 Å². The van der Waals surface area contributed by atoms with Gasteiger partial charge in [-0.25, -0.2) is 4.98 Å². The predicted molar refractivity (Wildman–Crippen MR) is 165 cm³/mol. The molecule has 12 heteroatoms. The number of hydrogen-bond donors (Lipinski definition) is 1. The van der Waals surface area contributed by atoms with Gasteiger partial charge >= 0.3 is 0 Å². The molecule has 1 aliphatic heterocycles. The molecule has 10 nitrogen and oxygen atoms in total. The number of rotatable bonds is 14. The summed E-state index contributed by atoms with van der Waals surface area (Å²) in [5, 5.41) is 4.30. The molecule has 0 bridgehead atoms. The van der Waals surface area contributed by atoms with Crippen LogP contribution in [0, 0.1) is 0 Å². The summed E-state index contributed by atoms with van der Waals surface area (Å²) in [6, 6.07) is 3.28. The van der Waals surface area contributed by atoms with E-state index in [0.29, 0.717) is 47.2 Å². The van der Waals surface area contributed by atoms with Crippen LogP contribution in [0.4, 0.5) is 5.95 Å². The molecular formula is C29H36Cl2N6O4. The zero-order valence-electron chi connectivity index (χ0n) is 23.9. The Bertz CT molecular complexity index is 1460. The van der Waals surface area contributed by atoms with Gasteiger partial charge in [0.15, 0.2) is 0 Å². The highest BCUT2D eigenvalue weighted by Gasteiger charge is 2.28. The fourth-order valence-electron chi connectivity index (χ4n) is 4.57. The normalized spacial score (nSPS) is 13.4. The molecule has 1 saturated heterocycles. The van der Waals surface area contributed by atoms with Crippen molar-refractivity contribution in [2.24, 2.45) is 0 Å². The number of pyridine rings is 1. The average Bonchev–Trinajstić information content (AvgIpc) is 2.93. The van der Waals surface area contributed by atoms with E-state index in [-0.39, 0.29) is 33.8 Å². The Labute approximate surface area is 250 Å². The lowest BCUT2D eigenvalue weighted by atomic mass is 10.0. The molecule has 1 aliphatic rings. The summed E-state index contributed by atoms with van der Waals surface area (Å²) in [5.41, 5.74) is 1.61. The minimum absolute atomic E-state index is 0.0342. The molecule has 41 heavy (non-hydrogen) atoms. The number of nitrogens with one attached hydrogen (secondary N) is 1. The van der Waals surface area contributed by atoms with Crippen LogP contribution in [-0.4, -0.2) is 91.5 Å². The summed E-state index contributed by atoms with van der Waals surface area (Å²) in [4.78, 5) is 27.4. The summed E-state index contributed by atoms with van der Waals surface area (Å²) in [6.07, 6.45) is 4.36. The van der Waals surface area contributed by atoms with Crippen LogP contribution in [0.25, 0.3) is 22.2 Å².